The Morgan fingerprint density at radius 3 is 2.66 bits per heavy atom. The molecule has 2 heterocycles. The quantitative estimate of drug-likeness (QED) is 0.790. The summed E-state index contributed by atoms with van der Waals surface area (Å²) in [4.78, 5) is 29.2. The highest BCUT2D eigenvalue weighted by Crippen LogP contribution is 2.51. The Hall–Kier alpha value is -2.28. The Morgan fingerprint density at radius 1 is 1.28 bits per heavy atom. The Bertz CT molecular complexity index is 919. The molecular formula is C22H28N4O2S. The Morgan fingerprint density at radius 2 is 2.00 bits per heavy atom. The zero-order chi connectivity index (χ0) is 20.6. The molecule has 154 valence electrons. The lowest BCUT2D eigenvalue weighted by atomic mass is 9.70. The summed E-state index contributed by atoms with van der Waals surface area (Å²) >= 11 is 1.41. The number of nitrogens with one attached hydrogen (secondary N) is 1. The third-order valence-electron chi connectivity index (χ3n) is 6.50. The normalized spacial score (nSPS) is 21.3. The van der Waals surface area contributed by atoms with Crippen LogP contribution >= 0.6 is 11.3 Å². The van der Waals surface area contributed by atoms with Crippen molar-refractivity contribution in [1.82, 2.24) is 15.1 Å². The molecule has 2 aromatic rings. The molecule has 1 N–H and O–H groups in total. The lowest BCUT2D eigenvalue weighted by molar-refractivity contribution is -0.121. The molecule has 1 aromatic carbocycles. The van der Waals surface area contributed by atoms with Gasteiger partial charge in [0.1, 0.15) is 5.01 Å². The average molecular weight is 413 g/mol. The number of fused-ring (bicyclic) bond motifs is 1. The zero-order valence-electron chi connectivity index (χ0n) is 17.3. The van der Waals surface area contributed by atoms with Crippen LogP contribution in [-0.2, 0) is 11.2 Å². The van der Waals surface area contributed by atoms with Gasteiger partial charge in [0, 0.05) is 11.6 Å². The predicted molar refractivity (Wildman–Crippen MR) is 114 cm³/mol. The van der Waals surface area contributed by atoms with Gasteiger partial charge in [-0.3, -0.25) is 14.9 Å². The number of rotatable bonds is 5. The number of nitrogens with zero attached hydrogens (tertiary/aromatic N) is 3. The first-order chi connectivity index (χ1) is 14.0. The Labute approximate surface area is 175 Å². The van der Waals surface area contributed by atoms with E-state index in [-0.39, 0.29) is 17.9 Å². The number of amides is 2. The topological polar surface area (TPSA) is 75.2 Å². The van der Waals surface area contributed by atoms with Crippen molar-refractivity contribution in [3.63, 3.8) is 0 Å². The van der Waals surface area contributed by atoms with Gasteiger partial charge in [0.05, 0.1) is 11.5 Å². The van der Waals surface area contributed by atoms with E-state index in [1.807, 2.05) is 36.1 Å². The second-order valence-corrected chi connectivity index (χ2v) is 9.17. The highest BCUT2D eigenvalue weighted by atomic mass is 32.1. The minimum atomic E-state index is -0.469. The fourth-order valence-electron chi connectivity index (χ4n) is 5.05. The van der Waals surface area contributed by atoms with Crippen molar-refractivity contribution in [2.24, 2.45) is 0 Å². The van der Waals surface area contributed by atoms with Crippen LogP contribution in [0.25, 0.3) is 0 Å². The van der Waals surface area contributed by atoms with Crippen molar-refractivity contribution >= 4 is 28.3 Å². The predicted octanol–water partition coefficient (Wildman–Crippen LogP) is 4.39. The number of aryl methyl sites for hydroxylation is 1. The van der Waals surface area contributed by atoms with Crippen molar-refractivity contribution in [2.75, 3.05) is 5.32 Å². The molecule has 1 saturated carbocycles. The minimum absolute atomic E-state index is 0.0603. The number of carbonyl (C=O) groups is 2. The lowest BCUT2D eigenvalue weighted by Crippen LogP contribution is -2.62. The summed E-state index contributed by atoms with van der Waals surface area (Å²) in [6, 6.07) is 7.69. The molecule has 0 bridgehead atoms. The maximum Gasteiger partial charge on any atom is 0.254 e. The van der Waals surface area contributed by atoms with E-state index in [1.54, 1.807) is 0 Å². The number of hydrogen-bond acceptors (Lipinski definition) is 5. The fourth-order valence-corrected chi connectivity index (χ4v) is 5.73. The molecule has 2 aliphatic rings. The number of carbonyl (C=O) groups excluding carboxylic acids is 2. The van der Waals surface area contributed by atoms with E-state index in [0.29, 0.717) is 10.7 Å². The lowest BCUT2D eigenvalue weighted by Gasteiger charge is -2.52. The summed E-state index contributed by atoms with van der Waals surface area (Å²) in [7, 11) is 0. The summed E-state index contributed by atoms with van der Waals surface area (Å²) in [5.74, 6) is -0.425. The third kappa shape index (κ3) is 3.25. The van der Waals surface area contributed by atoms with Crippen LogP contribution in [0.5, 0.6) is 0 Å². The van der Waals surface area contributed by atoms with Gasteiger partial charge in [0.15, 0.2) is 0 Å². The Balaban J connectivity index is 1.80. The monoisotopic (exact) mass is 412 g/mol. The summed E-state index contributed by atoms with van der Waals surface area (Å²) < 4.78 is 0. The molecule has 2 amide bonds. The average Bonchev–Trinajstić information content (AvgIpc) is 3.38. The molecule has 4 rings (SSSR count). The molecule has 2 atom stereocenters. The van der Waals surface area contributed by atoms with Crippen LogP contribution in [0.4, 0.5) is 5.13 Å². The van der Waals surface area contributed by atoms with Gasteiger partial charge >= 0.3 is 0 Å². The van der Waals surface area contributed by atoms with Crippen molar-refractivity contribution in [1.29, 1.82) is 0 Å². The van der Waals surface area contributed by atoms with Gasteiger partial charge in [0.25, 0.3) is 5.91 Å². The van der Waals surface area contributed by atoms with E-state index < -0.39 is 11.5 Å². The fraction of sp³-hybridized carbons (Fsp3) is 0.545. The van der Waals surface area contributed by atoms with Crippen molar-refractivity contribution in [2.45, 2.75) is 76.8 Å². The first kappa shape index (κ1) is 20.0. The van der Waals surface area contributed by atoms with Crippen LogP contribution in [0, 0.1) is 0 Å². The summed E-state index contributed by atoms with van der Waals surface area (Å²) in [5, 5.41) is 12.7. The molecular weight excluding hydrogens is 384 g/mol. The molecule has 0 saturated heterocycles. The van der Waals surface area contributed by atoms with Crippen LogP contribution < -0.4 is 5.32 Å². The van der Waals surface area contributed by atoms with Gasteiger partial charge < -0.3 is 4.90 Å². The first-order valence-corrected chi connectivity index (χ1v) is 11.4. The van der Waals surface area contributed by atoms with Crippen molar-refractivity contribution in [3.8, 4) is 0 Å². The summed E-state index contributed by atoms with van der Waals surface area (Å²) in [6.45, 7) is 6.22. The van der Waals surface area contributed by atoms with Crippen LogP contribution in [0.3, 0.4) is 0 Å². The maximum absolute atomic E-state index is 13.6. The van der Waals surface area contributed by atoms with Crippen LogP contribution in [-0.4, -0.2) is 38.5 Å². The number of hydrogen-bond donors (Lipinski definition) is 1. The van der Waals surface area contributed by atoms with Crippen molar-refractivity contribution < 1.29 is 9.59 Å². The summed E-state index contributed by atoms with van der Waals surface area (Å²) in [5.41, 5.74) is 1.03. The molecule has 6 nitrogen and oxygen atoms in total. The molecule has 7 heteroatoms. The largest absolute Gasteiger partial charge is 0.329 e. The second-order valence-electron chi connectivity index (χ2n) is 8.11. The maximum atomic E-state index is 13.6. The van der Waals surface area contributed by atoms with E-state index in [4.69, 9.17) is 0 Å². The molecule has 1 aromatic heterocycles. The van der Waals surface area contributed by atoms with Gasteiger partial charge in [-0.25, -0.2) is 0 Å². The van der Waals surface area contributed by atoms with Gasteiger partial charge in [-0.15, -0.1) is 10.2 Å². The van der Waals surface area contributed by atoms with Crippen LogP contribution in [0.1, 0.15) is 79.7 Å². The van der Waals surface area contributed by atoms with Gasteiger partial charge in [0.2, 0.25) is 11.0 Å². The molecule has 1 fully saturated rings. The van der Waals surface area contributed by atoms with E-state index in [0.717, 1.165) is 49.1 Å². The molecule has 0 unspecified atom stereocenters. The van der Waals surface area contributed by atoms with Crippen LogP contribution in [0.2, 0.25) is 0 Å². The summed E-state index contributed by atoms with van der Waals surface area (Å²) in [6.07, 6.45) is 5.42. The highest BCUT2D eigenvalue weighted by Gasteiger charge is 2.56. The molecule has 29 heavy (non-hydrogen) atoms. The van der Waals surface area contributed by atoms with E-state index in [2.05, 4.69) is 29.4 Å². The van der Waals surface area contributed by atoms with Gasteiger partial charge in [-0.1, -0.05) is 56.2 Å². The van der Waals surface area contributed by atoms with E-state index >= 15 is 0 Å². The SMILES string of the molecule is CCc1nnc(NC(=O)[C@H]2c3ccccc3C(=O)N([C@H](C)CC)C23CCCC3)s1. The third-order valence-corrected chi connectivity index (χ3v) is 7.48. The van der Waals surface area contributed by atoms with Crippen molar-refractivity contribution in [3.05, 3.63) is 40.4 Å². The number of benzene rings is 1. The highest BCUT2D eigenvalue weighted by molar-refractivity contribution is 7.15. The zero-order valence-corrected chi connectivity index (χ0v) is 18.1. The number of aromatic nitrogens is 2. The van der Waals surface area contributed by atoms with Crippen LogP contribution in [0.15, 0.2) is 24.3 Å². The number of anilines is 1. The Kier molecular flexibility index (Phi) is 5.42. The first-order valence-electron chi connectivity index (χ1n) is 10.6. The molecule has 1 aliphatic heterocycles. The van der Waals surface area contributed by atoms with E-state index in [1.165, 1.54) is 11.3 Å². The smallest absolute Gasteiger partial charge is 0.254 e. The van der Waals surface area contributed by atoms with Gasteiger partial charge in [-0.05, 0) is 44.2 Å². The van der Waals surface area contributed by atoms with Gasteiger partial charge in [-0.2, -0.15) is 0 Å². The molecule has 1 aliphatic carbocycles. The minimum Gasteiger partial charge on any atom is -0.329 e. The standard InChI is InChI=1S/C22H28N4O2S/c1-4-14(3)26-20(28)16-11-7-6-10-15(16)18(22(26)12-8-9-13-22)19(27)23-21-25-24-17(5-2)29-21/h6-7,10-11,14,18H,4-5,8-9,12-13H2,1-3H3,(H,23,25,27)/t14-,18-/m1/s1. The molecule has 1 spiro atoms. The second kappa shape index (κ2) is 7.86. The van der Waals surface area contributed by atoms with E-state index in [9.17, 15) is 9.59 Å². The molecule has 0 radical (unpaired) electrons.